The summed E-state index contributed by atoms with van der Waals surface area (Å²) in [4.78, 5) is 13.8. The highest BCUT2D eigenvalue weighted by Gasteiger charge is 2.29. The summed E-state index contributed by atoms with van der Waals surface area (Å²) in [6.45, 7) is 6.98. The molecule has 1 saturated heterocycles. The first-order chi connectivity index (χ1) is 8.85. The second kappa shape index (κ2) is 5.32. The van der Waals surface area contributed by atoms with E-state index < -0.39 is 5.60 Å². The number of nitrogens with zero attached hydrogens (tertiary/aromatic N) is 3. The molecular formula is C12H20N4O2S. The Morgan fingerprint density at radius 1 is 1.47 bits per heavy atom. The minimum atomic E-state index is -0.461. The highest BCUT2D eigenvalue weighted by atomic mass is 32.1. The van der Waals surface area contributed by atoms with E-state index >= 15 is 0 Å². The molecule has 0 aromatic carbocycles. The van der Waals surface area contributed by atoms with Crippen molar-refractivity contribution in [2.24, 2.45) is 0 Å². The van der Waals surface area contributed by atoms with Gasteiger partial charge in [-0.1, -0.05) is 11.3 Å². The molecule has 19 heavy (non-hydrogen) atoms. The van der Waals surface area contributed by atoms with Gasteiger partial charge in [0.25, 0.3) is 0 Å². The molecule has 0 spiro atoms. The van der Waals surface area contributed by atoms with E-state index in [-0.39, 0.29) is 12.0 Å². The number of aromatic nitrogens is 2. The third kappa shape index (κ3) is 3.79. The fourth-order valence-corrected chi connectivity index (χ4v) is 2.82. The number of nitrogens with two attached hydrogens (primary N) is 1. The monoisotopic (exact) mass is 284 g/mol. The van der Waals surface area contributed by atoms with Crippen molar-refractivity contribution in [1.29, 1.82) is 0 Å². The Balaban J connectivity index is 1.99. The van der Waals surface area contributed by atoms with E-state index in [2.05, 4.69) is 10.2 Å². The lowest BCUT2D eigenvalue weighted by Gasteiger charge is -2.33. The fraction of sp³-hybridized carbons (Fsp3) is 0.750. The van der Waals surface area contributed by atoms with Gasteiger partial charge in [0.2, 0.25) is 5.13 Å². The molecule has 1 fully saturated rings. The van der Waals surface area contributed by atoms with Crippen molar-refractivity contribution in [3.05, 3.63) is 5.01 Å². The molecule has 0 radical (unpaired) electrons. The number of rotatable bonds is 1. The lowest BCUT2D eigenvalue weighted by molar-refractivity contribution is 0.0198. The second-order valence-electron chi connectivity index (χ2n) is 5.74. The van der Waals surface area contributed by atoms with E-state index in [4.69, 9.17) is 10.5 Å². The third-order valence-electron chi connectivity index (χ3n) is 2.88. The molecule has 106 valence electrons. The summed E-state index contributed by atoms with van der Waals surface area (Å²) >= 11 is 1.40. The molecule has 1 unspecified atom stereocenters. The Bertz CT molecular complexity index is 455. The summed E-state index contributed by atoms with van der Waals surface area (Å²) in [6, 6.07) is 0. The minimum Gasteiger partial charge on any atom is -0.444 e. The van der Waals surface area contributed by atoms with Gasteiger partial charge in [0, 0.05) is 19.0 Å². The highest BCUT2D eigenvalue weighted by Crippen LogP contribution is 2.30. The lowest BCUT2D eigenvalue weighted by atomic mass is 9.99. The average molecular weight is 284 g/mol. The first-order valence-electron chi connectivity index (χ1n) is 6.42. The van der Waals surface area contributed by atoms with E-state index in [1.807, 2.05) is 20.8 Å². The van der Waals surface area contributed by atoms with Gasteiger partial charge in [0.1, 0.15) is 10.6 Å². The fourth-order valence-electron chi connectivity index (χ4n) is 2.08. The Kier molecular flexibility index (Phi) is 3.93. The summed E-state index contributed by atoms with van der Waals surface area (Å²) in [6.07, 6.45) is 1.70. The third-order valence-corrected chi connectivity index (χ3v) is 3.79. The molecule has 0 saturated carbocycles. The number of nitrogen functional groups attached to an aromatic ring is 1. The molecule has 7 heteroatoms. The zero-order valence-corrected chi connectivity index (χ0v) is 12.4. The number of piperidine rings is 1. The molecule has 1 aliphatic heterocycles. The SMILES string of the molecule is CC(C)(C)OC(=O)N1CCCC(c2nnc(N)s2)C1. The summed E-state index contributed by atoms with van der Waals surface area (Å²) in [5, 5.41) is 9.29. The normalized spacial score (nSPS) is 20.4. The van der Waals surface area contributed by atoms with E-state index in [1.165, 1.54) is 11.3 Å². The molecule has 2 heterocycles. The van der Waals surface area contributed by atoms with Gasteiger partial charge in [-0.05, 0) is 33.6 Å². The van der Waals surface area contributed by atoms with Gasteiger partial charge in [0.15, 0.2) is 0 Å². The van der Waals surface area contributed by atoms with E-state index in [0.29, 0.717) is 11.7 Å². The Morgan fingerprint density at radius 3 is 2.79 bits per heavy atom. The zero-order chi connectivity index (χ0) is 14.0. The van der Waals surface area contributed by atoms with Crippen LogP contribution in [0.4, 0.5) is 9.93 Å². The van der Waals surface area contributed by atoms with E-state index in [9.17, 15) is 4.79 Å². The molecule has 1 aromatic heterocycles. The van der Waals surface area contributed by atoms with Crippen molar-refractivity contribution in [3.63, 3.8) is 0 Å². The van der Waals surface area contributed by atoms with Crippen LogP contribution in [-0.4, -0.2) is 39.9 Å². The first-order valence-corrected chi connectivity index (χ1v) is 7.23. The molecule has 6 nitrogen and oxygen atoms in total. The molecule has 0 aliphatic carbocycles. The van der Waals surface area contributed by atoms with Gasteiger partial charge in [-0.25, -0.2) is 4.79 Å². The maximum atomic E-state index is 12.0. The molecular weight excluding hydrogens is 264 g/mol. The number of hydrogen-bond acceptors (Lipinski definition) is 6. The van der Waals surface area contributed by atoms with Gasteiger partial charge < -0.3 is 15.4 Å². The topological polar surface area (TPSA) is 81.3 Å². The summed E-state index contributed by atoms with van der Waals surface area (Å²) in [5.74, 6) is 0.219. The minimum absolute atomic E-state index is 0.219. The molecule has 1 atom stereocenters. The smallest absolute Gasteiger partial charge is 0.410 e. The van der Waals surface area contributed by atoms with Crippen LogP contribution in [-0.2, 0) is 4.74 Å². The van der Waals surface area contributed by atoms with Crippen molar-refractivity contribution < 1.29 is 9.53 Å². The predicted molar refractivity (Wildman–Crippen MR) is 74.1 cm³/mol. The Morgan fingerprint density at radius 2 is 2.21 bits per heavy atom. The second-order valence-corrected chi connectivity index (χ2v) is 6.78. The maximum Gasteiger partial charge on any atom is 0.410 e. The molecule has 1 aromatic rings. The van der Waals surface area contributed by atoms with Gasteiger partial charge in [-0.3, -0.25) is 0 Å². The van der Waals surface area contributed by atoms with Crippen LogP contribution in [0.15, 0.2) is 0 Å². The standard InChI is InChI=1S/C12H20N4O2S/c1-12(2,3)18-11(17)16-6-4-5-8(7-16)9-14-15-10(13)19-9/h8H,4-7H2,1-3H3,(H2,13,15). The van der Waals surface area contributed by atoms with Crippen LogP contribution in [0, 0.1) is 0 Å². The Labute approximate surface area is 116 Å². The molecule has 0 bridgehead atoms. The Hall–Kier alpha value is -1.37. The predicted octanol–water partition coefficient (Wildman–Crippen LogP) is 2.23. The molecule has 2 rings (SSSR count). The largest absolute Gasteiger partial charge is 0.444 e. The van der Waals surface area contributed by atoms with Crippen LogP contribution in [0.1, 0.15) is 44.5 Å². The number of likely N-dealkylation sites (tertiary alicyclic amines) is 1. The average Bonchev–Trinajstić information content (AvgIpc) is 2.74. The van der Waals surface area contributed by atoms with Crippen LogP contribution >= 0.6 is 11.3 Å². The van der Waals surface area contributed by atoms with E-state index in [1.54, 1.807) is 4.90 Å². The van der Waals surface area contributed by atoms with Crippen molar-refractivity contribution in [1.82, 2.24) is 15.1 Å². The number of carbonyl (C=O) groups is 1. The lowest BCUT2D eigenvalue weighted by Crippen LogP contribution is -2.42. The highest BCUT2D eigenvalue weighted by molar-refractivity contribution is 7.15. The molecule has 2 N–H and O–H groups in total. The maximum absolute atomic E-state index is 12.0. The van der Waals surface area contributed by atoms with Crippen molar-refractivity contribution >= 4 is 22.6 Å². The van der Waals surface area contributed by atoms with Crippen LogP contribution in [0.25, 0.3) is 0 Å². The number of hydrogen-bond donors (Lipinski definition) is 1. The van der Waals surface area contributed by atoms with Gasteiger partial charge in [0.05, 0.1) is 0 Å². The first kappa shape index (κ1) is 14.0. The summed E-state index contributed by atoms with van der Waals surface area (Å²) < 4.78 is 5.40. The van der Waals surface area contributed by atoms with Crippen LogP contribution in [0.5, 0.6) is 0 Å². The van der Waals surface area contributed by atoms with Crippen LogP contribution < -0.4 is 5.73 Å². The van der Waals surface area contributed by atoms with Crippen LogP contribution in [0.3, 0.4) is 0 Å². The van der Waals surface area contributed by atoms with Gasteiger partial charge in [-0.2, -0.15) is 0 Å². The number of carbonyl (C=O) groups excluding carboxylic acids is 1. The quantitative estimate of drug-likeness (QED) is 0.855. The van der Waals surface area contributed by atoms with Crippen molar-refractivity contribution in [2.75, 3.05) is 18.8 Å². The number of amides is 1. The molecule has 1 amide bonds. The summed E-state index contributed by atoms with van der Waals surface area (Å²) in [7, 11) is 0. The van der Waals surface area contributed by atoms with Gasteiger partial charge in [-0.15, -0.1) is 10.2 Å². The zero-order valence-electron chi connectivity index (χ0n) is 11.5. The molecule has 1 aliphatic rings. The van der Waals surface area contributed by atoms with E-state index in [0.717, 1.165) is 24.4 Å². The van der Waals surface area contributed by atoms with Crippen molar-refractivity contribution in [2.45, 2.75) is 45.1 Å². The number of ether oxygens (including phenoxy) is 1. The van der Waals surface area contributed by atoms with Crippen LogP contribution in [0.2, 0.25) is 0 Å². The van der Waals surface area contributed by atoms with Gasteiger partial charge >= 0.3 is 6.09 Å². The summed E-state index contributed by atoms with van der Waals surface area (Å²) in [5.41, 5.74) is 5.14. The van der Waals surface area contributed by atoms with Crippen molar-refractivity contribution in [3.8, 4) is 0 Å². The number of anilines is 1.